The Morgan fingerprint density at radius 2 is 1.13 bits per heavy atom. The topological polar surface area (TPSA) is 185 Å². The number of carboxylic acid groups (broad SMARTS) is 2. The standard InChI is InChI=1S/2C15H23N3O2.Cu.HN3.Pt/c2*1-18(2,3)11-7-5-9-14(15(19)20)17-12-13-8-4-6-10-16-13;;1-3-2;/h2*4,6,8,10,12,14H,5,7,9,11H2,1-3H3;;1H;/q;;+2;;+2/p+2. The van der Waals surface area contributed by atoms with Gasteiger partial charge in [-0.2, -0.15) is 0 Å². The van der Waals surface area contributed by atoms with Crippen LogP contribution < -0.4 is 0 Å². The van der Waals surface area contributed by atoms with Crippen LogP contribution in [0, 0.1) is 5.53 Å². The summed E-state index contributed by atoms with van der Waals surface area (Å²) in [6.07, 6.45) is 11.3. The van der Waals surface area contributed by atoms with Crippen molar-refractivity contribution < 1.29 is 66.9 Å². The van der Waals surface area contributed by atoms with Crippen LogP contribution >= 0.6 is 0 Å². The molecule has 13 nitrogen and oxygen atoms in total. The number of hydrogen-bond acceptors (Lipinski definition) is 7. The average Bonchev–Trinajstić information content (AvgIpc) is 2.92. The van der Waals surface area contributed by atoms with E-state index in [0.29, 0.717) is 24.2 Å². The van der Waals surface area contributed by atoms with E-state index in [1.807, 2.05) is 24.3 Å². The zero-order valence-electron chi connectivity index (χ0n) is 27.0. The number of quaternary nitrogens is 2. The Kier molecular flexibility index (Phi) is 27.1. The third-order valence-electron chi connectivity index (χ3n) is 5.83. The second-order valence-corrected chi connectivity index (χ2v) is 11.9. The summed E-state index contributed by atoms with van der Waals surface area (Å²) in [5.41, 5.74) is 13.6. The van der Waals surface area contributed by atoms with Crippen LogP contribution in [0.25, 0.3) is 10.4 Å². The van der Waals surface area contributed by atoms with E-state index in [9.17, 15) is 19.8 Å². The number of nitrogens with zero attached hydrogens (tertiary/aromatic N) is 8. The molecule has 45 heavy (non-hydrogen) atoms. The van der Waals surface area contributed by atoms with Crippen LogP contribution in [0.5, 0.6) is 0 Å². The molecule has 253 valence electrons. The Hall–Kier alpha value is -2.98. The smallest absolute Gasteiger partial charge is 0.480 e. The van der Waals surface area contributed by atoms with E-state index in [1.165, 1.54) is 0 Å². The second-order valence-electron chi connectivity index (χ2n) is 11.9. The van der Waals surface area contributed by atoms with Crippen LogP contribution in [-0.4, -0.2) is 121 Å². The van der Waals surface area contributed by atoms with Crippen molar-refractivity contribution in [3.8, 4) is 0 Å². The molecule has 2 unspecified atom stereocenters. The van der Waals surface area contributed by atoms with E-state index in [2.05, 4.69) is 62.2 Å². The van der Waals surface area contributed by atoms with Crippen LogP contribution in [0.2, 0.25) is 0 Å². The van der Waals surface area contributed by atoms with Gasteiger partial charge in [-0.15, -0.1) is 5.53 Å². The molecule has 0 saturated heterocycles. The molecule has 0 saturated carbocycles. The number of hydrogen-bond donors (Lipinski definition) is 3. The third-order valence-corrected chi connectivity index (χ3v) is 5.83. The maximum atomic E-state index is 11.2. The number of aromatic nitrogens is 2. The predicted octanol–water partition coefficient (Wildman–Crippen LogP) is 4.53. The van der Waals surface area contributed by atoms with E-state index in [1.54, 1.807) is 41.9 Å². The fourth-order valence-corrected chi connectivity index (χ4v) is 3.61. The van der Waals surface area contributed by atoms with E-state index >= 15 is 0 Å². The summed E-state index contributed by atoms with van der Waals surface area (Å²) < 4.78 is 1.80. The Bertz CT molecular complexity index is 1070. The maximum absolute atomic E-state index is 11.2. The van der Waals surface area contributed by atoms with Gasteiger partial charge in [0, 0.05) is 24.8 Å². The zero-order chi connectivity index (χ0) is 32.7. The van der Waals surface area contributed by atoms with Crippen LogP contribution in [0.1, 0.15) is 49.9 Å². The molecule has 0 bridgehead atoms. The molecule has 3 N–H and O–H groups in total. The molecule has 0 aliphatic carbocycles. The van der Waals surface area contributed by atoms with Gasteiger partial charge in [0.15, 0.2) is 0 Å². The summed E-state index contributed by atoms with van der Waals surface area (Å²) >= 11 is 0. The van der Waals surface area contributed by atoms with Gasteiger partial charge < -0.3 is 19.2 Å². The molecule has 1 radical (unpaired) electrons. The van der Waals surface area contributed by atoms with Crippen molar-refractivity contribution in [3.63, 3.8) is 0 Å². The number of carbonyl (C=O) groups is 2. The average molecular weight is 858 g/mol. The Labute approximate surface area is 292 Å². The molecular formula is C30H49CuN9O4Pt+6. The van der Waals surface area contributed by atoms with Crippen molar-refractivity contribution in [2.24, 2.45) is 9.98 Å². The normalized spacial score (nSPS) is 12.2. The van der Waals surface area contributed by atoms with Gasteiger partial charge in [-0.1, -0.05) is 12.1 Å². The van der Waals surface area contributed by atoms with Crippen molar-refractivity contribution in [1.29, 1.82) is 5.53 Å². The van der Waals surface area contributed by atoms with E-state index in [0.717, 1.165) is 47.7 Å². The number of pyridine rings is 2. The summed E-state index contributed by atoms with van der Waals surface area (Å²) in [6.45, 7) is 2.08. The molecule has 0 spiro atoms. The van der Waals surface area contributed by atoms with Crippen molar-refractivity contribution in [2.75, 3.05) is 55.4 Å². The van der Waals surface area contributed by atoms with Crippen molar-refractivity contribution in [1.82, 2.24) is 9.97 Å². The minimum atomic E-state index is -0.873. The van der Waals surface area contributed by atoms with Crippen LogP contribution in [-0.2, 0) is 47.7 Å². The second kappa shape index (κ2) is 26.3. The summed E-state index contributed by atoms with van der Waals surface area (Å²) in [5.74, 6) is -1.75. The molecular weight excluding hydrogens is 809 g/mol. The third kappa shape index (κ3) is 28.2. The first-order valence-corrected chi connectivity index (χ1v) is 14.1. The largest absolute Gasteiger partial charge is 2.00 e. The molecule has 15 heteroatoms. The Morgan fingerprint density at radius 1 is 0.800 bits per heavy atom. The number of aliphatic carboxylic acids is 2. The van der Waals surface area contributed by atoms with Crippen molar-refractivity contribution in [2.45, 2.75) is 50.6 Å². The molecule has 0 aromatic carbocycles. The fraction of sp³-hybridized carbons (Fsp3) is 0.533. The summed E-state index contributed by atoms with van der Waals surface area (Å²) in [4.78, 5) is 40.6. The van der Waals surface area contributed by atoms with Crippen LogP contribution in [0.3, 0.4) is 0 Å². The van der Waals surface area contributed by atoms with Gasteiger partial charge in [-0.25, -0.2) is 9.59 Å². The first kappa shape index (κ1) is 46.4. The summed E-state index contributed by atoms with van der Waals surface area (Å²) in [5, 5.41) is 18.3. The monoisotopic (exact) mass is 857 g/mol. The first-order valence-electron chi connectivity index (χ1n) is 14.1. The fourth-order valence-electron chi connectivity index (χ4n) is 3.61. The van der Waals surface area contributed by atoms with Crippen LogP contribution in [0.4, 0.5) is 0 Å². The van der Waals surface area contributed by atoms with Gasteiger partial charge in [0.25, 0.3) is 0 Å². The number of carboxylic acids is 2. The number of aliphatic imine (C=N–C) groups is 2. The maximum Gasteiger partial charge on any atom is 2.00 e. The van der Waals surface area contributed by atoms with Gasteiger partial charge in [-0.3, -0.25) is 20.0 Å². The van der Waals surface area contributed by atoms with Gasteiger partial charge >= 0.3 is 50.1 Å². The van der Waals surface area contributed by atoms with E-state index < -0.39 is 24.0 Å². The molecule has 0 aliphatic rings. The van der Waals surface area contributed by atoms with Crippen LogP contribution in [0.15, 0.2) is 58.8 Å². The molecule has 0 amide bonds. The number of nitrogens with one attached hydrogen (secondary N) is 1. The quantitative estimate of drug-likeness (QED) is 0.0424. The van der Waals surface area contributed by atoms with Crippen molar-refractivity contribution >= 4 is 24.4 Å². The molecule has 2 aromatic heterocycles. The number of unbranched alkanes of at least 4 members (excludes halogenated alkanes) is 2. The van der Waals surface area contributed by atoms with Crippen molar-refractivity contribution in [3.05, 3.63) is 70.6 Å². The van der Waals surface area contributed by atoms with Gasteiger partial charge in [0.2, 0.25) is 0 Å². The minimum absolute atomic E-state index is 0. The predicted molar refractivity (Wildman–Crippen MR) is 169 cm³/mol. The van der Waals surface area contributed by atoms with Gasteiger partial charge in [-0.05, 0) is 73.2 Å². The zero-order valence-corrected chi connectivity index (χ0v) is 30.2. The molecule has 0 aliphatic heterocycles. The Balaban J connectivity index is -0.000000692. The molecule has 2 aromatic rings. The Morgan fingerprint density at radius 3 is 1.38 bits per heavy atom. The SMILES string of the molecule is C[N+](C)(C)CCCCC(N=Cc1ccccn1)C(=O)O.C[N+](C)(C)CCCCC(N=Cc1ccccn1)C(=O)O.[Cu+2].[N-]=[N+]=N.[Pt+2]. The van der Waals surface area contributed by atoms with E-state index in [4.69, 9.17) is 11.1 Å². The molecule has 2 rings (SSSR count). The molecule has 0 fully saturated rings. The first-order chi connectivity index (χ1) is 20.2. The van der Waals surface area contributed by atoms with Gasteiger partial charge in [0.1, 0.15) is 12.1 Å². The van der Waals surface area contributed by atoms with Gasteiger partial charge in [0.05, 0.1) is 66.8 Å². The van der Waals surface area contributed by atoms with E-state index in [-0.39, 0.29) is 38.1 Å². The molecule has 2 heterocycles. The summed E-state index contributed by atoms with van der Waals surface area (Å²) in [7, 11) is 12.8. The minimum Gasteiger partial charge on any atom is -0.480 e. The summed E-state index contributed by atoms with van der Waals surface area (Å²) in [6, 6.07) is 9.59. The molecule has 2 atom stereocenters. The number of rotatable bonds is 16.